The molecule has 2 aromatic rings. The van der Waals surface area contributed by atoms with Crippen molar-refractivity contribution < 1.29 is 14.3 Å². The van der Waals surface area contributed by atoms with Crippen molar-refractivity contribution in [3.8, 4) is 5.75 Å². The molecular weight excluding hydrogens is 310 g/mol. The van der Waals surface area contributed by atoms with Gasteiger partial charge in [-0.2, -0.15) is 5.10 Å². The molecule has 0 bridgehead atoms. The van der Waals surface area contributed by atoms with E-state index in [0.717, 1.165) is 5.69 Å². The second-order valence-electron chi connectivity index (χ2n) is 5.40. The molecule has 3 rings (SSSR count). The summed E-state index contributed by atoms with van der Waals surface area (Å²) < 4.78 is 6.92. The summed E-state index contributed by atoms with van der Waals surface area (Å²) in [7, 11) is 3.13. The lowest BCUT2D eigenvalue weighted by atomic mass is 10.1. The number of urea groups is 1. The van der Waals surface area contributed by atoms with Crippen LogP contribution in [0.3, 0.4) is 0 Å². The van der Waals surface area contributed by atoms with Crippen LogP contribution in [0.1, 0.15) is 16.1 Å². The second kappa shape index (κ2) is 6.61. The number of hydrogen-bond acceptors (Lipinski definition) is 4. The summed E-state index contributed by atoms with van der Waals surface area (Å²) in [5.74, 6) is 1.15. The molecule has 0 spiro atoms. The van der Waals surface area contributed by atoms with Crippen molar-refractivity contribution >= 4 is 17.8 Å². The van der Waals surface area contributed by atoms with Crippen LogP contribution in [0.2, 0.25) is 0 Å². The Balaban J connectivity index is 1.71. The summed E-state index contributed by atoms with van der Waals surface area (Å²) in [4.78, 5) is 25.7. The Morgan fingerprint density at radius 3 is 2.62 bits per heavy atom. The molecule has 0 saturated carbocycles. The highest BCUT2D eigenvalue weighted by atomic mass is 16.5. The van der Waals surface area contributed by atoms with Gasteiger partial charge in [0.05, 0.1) is 25.9 Å². The van der Waals surface area contributed by atoms with E-state index < -0.39 is 0 Å². The third-order valence-electron chi connectivity index (χ3n) is 3.89. The predicted molar refractivity (Wildman–Crippen MR) is 88.0 cm³/mol. The van der Waals surface area contributed by atoms with E-state index in [1.54, 1.807) is 49.4 Å². The smallest absolute Gasteiger partial charge is 0.320 e. The molecule has 0 radical (unpaired) electrons. The highest BCUT2D eigenvalue weighted by molar-refractivity contribution is 5.94. The highest BCUT2D eigenvalue weighted by Gasteiger charge is 2.23. The maximum atomic E-state index is 12.6. The number of aromatic nitrogens is 2. The Morgan fingerprint density at radius 2 is 1.96 bits per heavy atom. The molecule has 1 aliphatic heterocycles. The van der Waals surface area contributed by atoms with Crippen LogP contribution in [-0.2, 0) is 13.1 Å². The van der Waals surface area contributed by atoms with Crippen LogP contribution in [0, 0.1) is 0 Å². The lowest BCUT2D eigenvalue weighted by Gasteiger charge is -2.27. The van der Waals surface area contributed by atoms with Gasteiger partial charge in [0.2, 0.25) is 0 Å². The summed E-state index contributed by atoms with van der Waals surface area (Å²) in [6.07, 6.45) is 0. The van der Waals surface area contributed by atoms with Gasteiger partial charge in [-0.15, -0.1) is 0 Å². The van der Waals surface area contributed by atoms with Crippen LogP contribution in [0.5, 0.6) is 5.75 Å². The molecule has 0 unspecified atom stereocenters. The predicted octanol–water partition coefficient (Wildman–Crippen LogP) is 1.30. The summed E-state index contributed by atoms with van der Waals surface area (Å²) in [5, 5.41) is 9.43. The summed E-state index contributed by atoms with van der Waals surface area (Å²) in [5.41, 5.74) is 1.50. The van der Waals surface area contributed by atoms with Crippen molar-refractivity contribution in [2.45, 2.75) is 13.1 Å². The van der Waals surface area contributed by atoms with E-state index in [1.807, 2.05) is 4.68 Å². The van der Waals surface area contributed by atoms with Gasteiger partial charge in [-0.25, -0.2) is 4.79 Å². The minimum absolute atomic E-state index is 0.0362. The van der Waals surface area contributed by atoms with E-state index in [0.29, 0.717) is 36.8 Å². The van der Waals surface area contributed by atoms with Crippen molar-refractivity contribution in [3.05, 3.63) is 41.6 Å². The average Bonchev–Trinajstić information content (AvgIpc) is 3.02. The van der Waals surface area contributed by atoms with Crippen molar-refractivity contribution in [3.63, 3.8) is 0 Å². The molecule has 2 N–H and O–H groups in total. The maximum Gasteiger partial charge on any atom is 0.320 e. The second-order valence-corrected chi connectivity index (χ2v) is 5.40. The third-order valence-corrected chi connectivity index (χ3v) is 3.89. The van der Waals surface area contributed by atoms with Gasteiger partial charge in [0, 0.05) is 25.2 Å². The normalized spacial score (nSPS) is 13.2. The Hall–Kier alpha value is -3.03. The Kier molecular flexibility index (Phi) is 4.37. The zero-order valence-electron chi connectivity index (χ0n) is 13.6. The number of rotatable bonds is 3. The van der Waals surface area contributed by atoms with Gasteiger partial charge < -0.3 is 15.0 Å². The van der Waals surface area contributed by atoms with E-state index in [4.69, 9.17) is 4.74 Å². The van der Waals surface area contributed by atoms with E-state index in [1.165, 1.54) is 0 Å². The number of hydrogen-bond donors (Lipinski definition) is 2. The third kappa shape index (κ3) is 3.17. The van der Waals surface area contributed by atoms with E-state index in [9.17, 15) is 9.59 Å². The first-order valence-corrected chi connectivity index (χ1v) is 7.59. The number of ether oxygens (including phenoxy) is 1. The number of amides is 3. The van der Waals surface area contributed by atoms with Crippen molar-refractivity contribution in [1.29, 1.82) is 0 Å². The molecule has 1 aromatic heterocycles. The maximum absolute atomic E-state index is 12.6. The zero-order valence-corrected chi connectivity index (χ0v) is 13.6. The van der Waals surface area contributed by atoms with E-state index >= 15 is 0 Å². The Bertz CT molecular complexity index is 754. The molecule has 1 aliphatic rings. The summed E-state index contributed by atoms with van der Waals surface area (Å²) >= 11 is 0. The molecule has 1 aromatic carbocycles. The molecule has 126 valence electrons. The molecule has 24 heavy (non-hydrogen) atoms. The van der Waals surface area contributed by atoms with Crippen molar-refractivity contribution in [1.82, 2.24) is 20.0 Å². The van der Waals surface area contributed by atoms with Gasteiger partial charge in [-0.1, -0.05) is 0 Å². The van der Waals surface area contributed by atoms with E-state index in [-0.39, 0.29) is 11.9 Å². The van der Waals surface area contributed by atoms with E-state index in [2.05, 4.69) is 15.7 Å². The Morgan fingerprint density at radius 1 is 1.21 bits per heavy atom. The minimum Gasteiger partial charge on any atom is -0.497 e. The largest absolute Gasteiger partial charge is 0.497 e. The van der Waals surface area contributed by atoms with Crippen LogP contribution in [-0.4, -0.2) is 47.3 Å². The molecule has 0 atom stereocenters. The van der Waals surface area contributed by atoms with Crippen LogP contribution in [0.25, 0.3) is 0 Å². The van der Waals surface area contributed by atoms with Gasteiger partial charge >= 0.3 is 6.03 Å². The molecule has 3 amide bonds. The molecule has 0 saturated heterocycles. The fourth-order valence-corrected chi connectivity index (χ4v) is 2.60. The number of methoxy groups -OCH3 is 1. The first kappa shape index (κ1) is 15.9. The van der Waals surface area contributed by atoms with Crippen LogP contribution in [0.4, 0.5) is 10.6 Å². The minimum atomic E-state index is -0.323. The SMILES string of the molecule is CNC(=O)Nc1cc2n(n1)CCN(C(=O)c1ccc(OC)cc1)C2. The number of fused-ring (bicyclic) bond motifs is 1. The van der Waals surface area contributed by atoms with Crippen LogP contribution in [0.15, 0.2) is 30.3 Å². The number of benzene rings is 1. The van der Waals surface area contributed by atoms with Crippen LogP contribution >= 0.6 is 0 Å². The topological polar surface area (TPSA) is 88.5 Å². The fourth-order valence-electron chi connectivity index (χ4n) is 2.60. The quantitative estimate of drug-likeness (QED) is 0.888. The molecule has 0 aliphatic carbocycles. The average molecular weight is 329 g/mol. The zero-order chi connectivity index (χ0) is 17.1. The number of anilines is 1. The molecular formula is C16H19N5O3. The standard InChI is InChI=1S/C16H19N5O3/c1-17-16(23)18-14-9-12-10-20(7-8-21(12)19-14)15(22)11-3-5-13(24-2)6-4-11/h3-6,9H,7-8,10H2,1-2H3,(H2,17,18,19,23). The highest BCUT2D eigenvalue weighted by Crippen LogP contribution is 2.19. The van der Waals surface area contributed by atoms with Gasteiger partial charge in [0.15, 0.2) is 5.82 Å². The molecule has 2 heterocycles. The lowest BCUT2D eigenvalue weighted by Crippen LogP contribution is -2.38. The molecule has 0 fully saturated rings. The van der Waals surface area contributed by atoms with Gasteiger partial charge in [0.25, 0.3) is 5.91 Å². The van der Waals surface area contributed by atoms with Gasteiger partial charge in [-0.05, 0) is 24.3 Å². The Labute approximate surface area is 139 Å². The first-order valence-electron chi connectivity index (χ1n) is 7.59. The number of carbonyl (C=O) groups excluding carboxylic acids is 2. The summed E-state index contributed by atoms with van der Waals surface area (Å²) in [6.45, 7) is 1.61. The monoisotopic (exact) mass is 329 g/mol. The van der Waals surface area contributed by atoms with Gasteiger partial charge in [0.1, 0.15) is 5.75 Å². The lowest BCUT2D eigenvalue weighted by molar-refractivity contribution is 0.0706. The first-order chi connectivity index (χ1) is 11.6. The van der Waals surface area contributed by atoms with Gasteiger partial charge in [-0.3, -0.25) is 14.8 Å². The number of nitrogens with one attached hydrogen (secondary N) is 2. The summed E-state index contributed by atoms with van der Waals surface area (Å²) in [6, 6.07) is 8.51. The number of carbonyl (C=O) groups is 2. The molecule has 8 heteroatoms. The van der Waals surface area contributed by atoms with Crippen molar-refractivity contribution in [2.75, 3.05) is 26.0 Å². The van der Waals surface area contributed by atoms with Crippen LogP contribution < -0.4 is 15.4 Å². The molecule has 8 nitrogen and oxygen atoms in total. The number of nitrogens with zero attached hydrogens (tertiary/aromatic N) is 3. The fraction of sp³-hybridized carbons (Fsp3) is 0.312. The van der Waals surface area contributed by atoms with Crippen molar-refractivity contribution in [2.24, 2.45) is 0 Å².